The van der Waals surface area contributed by atoms with E-state index in [0.717, 1.165) is 5.69 Å². The molecule has 1 aliphatic heterocycles. The number of amides is 1. The summed E-state index contributed by atoms with van der Waals surface area (Å²) in [6.45, 7) is 5.80. The summed E-state index contributed by atoms with van der Waals surface area (Å²) < 4.78 is 30.9. The van der Waals surface area contributed by atoms with Crippen molar-refractivity contribution < 1.29 is 17.9 Å². The first-order chi connectivity index (χ1) is 13.6. The largest absolute Gasteiger partial charge is 0.484 e. The van der Waals surface area contributed by atoms with E-state index in [4.69, 9.17) is 10.00 Å². The van der Waals surface area contributed by atoms with Crippen molar-refractivity contribution in [2.45, 2.75) is 38.6 Å². The van der Waals surface area contributed by atoms with Crippen LogP contribution in [0.3, 0.4) is 0 Å². The van der Waals surface area contributed by atoms with Crippen LogP contribution >= 0.6 is 0 Å². The summed E-state index contributed by atoms with van der Waals surface area (Å²) in [5.74, 6) is 0.702. The Balaban J connectivity index is 1.73. The molecule has 1 unspecified atom stereocenters. The molecule has 0 saturated carbocycles. The molecule has 0 spiro atoms. The highest BCUT2D eigenvalue weighted by atomic mass is 32.2. The molecule has 1 saturated heterocycles. The van der Waals surface area contributed by atoms with Crippen molar-refractivity contribution in [3.8, 4) is 11.8 Å². The molecular weight excluding hydrogens is 392 g/mol. The lowest BCUT2D eigenvalue weighted by molar-refractivity contribution is -0.118. The van der Waals surface area contributed by atoms with Crippen molar-refractivity contribution in [3.05, 3.63) is 41.6 Å². The number of anilines is 1. The van der Waals surface area contributed by atoms with Crippen molar-refractivity contribution in [2.24, 2.45) is 0 Å². The van der Waals surface area contributed by atoms with Gasteiger partial charge in [0.2, 0.25) is 0 Å². The van der Waals surface area contributed by atoms with Crippen molar-refractivity contribution in [2.75, 3.05) is 23.4 Å². The molecule has 0 radical (unpaired) electrons. The molecule has 1 fully saturated rings. The summed E-state index contributed by atoms with van der Waals surface area (Å²) in [6, 6.07) is 9.96. The lowest BCUT2D eigenvalue weighted by atomic mass is 9.92. The maximum absolute atomic E-state index is 12.4. The van der Waals surface area contributed by atoms with Gasteiger partial charge < -0.3 is 10.1 Å². The average Bonchev–Trinajstić information content (AvgIpc) is 3.23. The van der Waals surface area contributed by atoms with E-state index in [1.807, 2.05) is 26.8 Å². The molecule has 1 amide bonds. The molecule has 0 aliphatic carbocycles. The van der Waals surface area contributed by atoms with Crippen LogP contribution in [-0.2, 0) is 20.0 Å². The van der Waals surface area contributed by atoms with E-state index in [1.165, 1.54) is 0 Å². The number of hydrogen-bond donors (Lipinski definition) is 1. The molecule has 0 bridgehead atoms. The van der Waals surface area contributed by atoms with Gasteiger partial charge >= 0.3 is 0 Å². The van der Waals surface area contributed by atoms with Crippen LogP contribution in [0.4, 0.5) is 5.82 Å². The third-order valence-electron chi connectivity index (χ3n) is 4.68. The summed E-state index contributed by atoms with van der Waals surface area (Å²) in [5.41, 5.74) is 1.03. The Hall–Kier alpha value is -2.86. The Morgan fingerprint density at radius 3 is 2.59 bits per heavy atom. The van der Waals surface area contributed by atoms with Gasteiger partial charge in [-0.2, -0.15) is 10.4 Å². The number of rotatable bonds is 5. The number of carbonyl (C=O) groups is 1. The molecular formula is C20H24N4O4S. The lowest BCUT2D eigenvalue weighted by Gasteiger charge is -2.15. The highest BCUT2D eigenvalue weighted by molar-refractivity contribution is 7.91. The molecule has 1 atom stereocenters. The fraction of sp³-hybridized carbons (Fsp3) is 0.450. The predicted octanol–water partition coefficient (Wildman–Crippen LogP) is 2.43. The number of nitriles is 1. The number of aromatic nitrogens is 2. The fourth-order valence-corrected chi connectivity index (χ4v) is 4.75. The predicted molar refractivity (Wildman–Crippen MR) is 109 cm³/mol. The smallest absolute Gasteiger partial charge is 0.263 e. The minimum atomic E-state index is -3.09. The summed E-state index contributed by atoms with van der Waals surface area (Å²) >= 11 is 0. The maximum Gasteiger partial charge on any atom is 0.263 e. The van der Waals surface area contributed by atoms with Crippen molar-refractivity contribution in [1.82, 2.24) is 9.78 Å². The van der Waals surface area contributed by atoms with E-state index in [9.17, 15) is 13.2 Å². The van der Waals surface area contributed by atoms with Crippen LogP contribution < -0.4 is 10.1 Å². The van der Waals surface area contributed by atoms with E-state index < -0.39 is 9.84 Å². The second-order valence-corrected chi connectivity index (χ2v) is 10.4. The van der Waals surface area contributed by atoms with Crippen molar-refractivity contribution >= 4 is 21.6 Å². The minimum Gasteiger partial charge on any atom is -0.484 e. The number of benzene rings is 1. The highest BCUT2D eigenvalue weighted by Gasteiger charge is 2.32. The molecule has 1 aromatic carbocycles. The average molecular weight is 417 g/mol. The molecule has 9 heteroatoms. The first-order valence-corrected chi connectivity index (χ1v) is 11.1. The van der Waals surface area contributed by atoms with E-state index >= 15 is 0 Å². The minimum absolute atomic E-state index is 0.0167. The quantitative estimate of drug-likeness (QED) is 0.801. The summed E-state index contributed by atoms with van der Waals surface area (Å²) in [6.07, 6.45) is 0.470. The van der Waals surface area contributed by atoms with Gasteiger partial charge in [0, 0.05) is 11.5 Å². The SMILES string of the molecule is CC(C)(C)c1cc(NC(=O)COc2ccc(C#N)cc2)n(C2CCS(=O)(=O)C2)n1. The van der Waals surface area contributed by atoms with Crippen LogP contribution in [-0.4, -0.2) is 42.2 Å². The number of nitrogens with one attached hydrogen (secondary N) is 1. The van der Waals surface area contributed by atoms with E-state index in [0.29, 0.717) is 23.6 Å². The standard InChI is InChI=1S/C20H24N4O4S/c1-20(2,3)17-10-18(24(23-17)15-8-9-29(26,27)13-15)22-19(25)12-28-16-6-4-14(11-21)5-7-16/h4-7,10,15H,8-9,12-13H2,1-3H3,(H,22,25). The van der Waals surface area contributed by atoms with Crippen molar-refractivity contribution in [3.63, 3.8) is 0 Å². The van der Waals surface area contributed by atoms with Gasteiger partial charge in [0.05, 0.1) is 34.9 Å². The number of carbonyl (C=O) groups excluding carboxylic acids is 1. The van der Waals surface area contributed by atoms with Crippen molar-refractivity contribution in [1.29, 1.82) is 5.26 Å². The first-order valence-electron chi connectivity index (χ1n) is 9.31. The normalized spacial score (nSPS) is 18.2. The first kappa shape index (κ1) is 20.9. The Labute approximate surface area is 170 Å². The lowest BCUT2D eigenvalue weighted by Crippen LogP contribution is -2.24. The van der Waals surface area contributed by atoms with Gasteiger partial charge in [0.15, 0.2) is 16.4 Å². The van der Waals surface area contributed by atoms with Gasteiger partial charge in [-0.1, -0.05) is 20.8 Å². The molecule has 154 valence electrons. The van der Waals surface area contributed by atoms with Crippen LogP contribution in [0.15, 0.2) is 30.3 Å². The zero-order chi connectivity index (χ0) is 21.2. The zero-order valence-electron chi connectivity index (χ0n) is 16.7. The molecule has 2 heterocycles. The molecule has 29 heavy (non-hydrogen) atoms. The Bertz CT molecular complexity index is 1040. The number of sulfone groups is 1. The van der Waals surface area contributed by atoms with Gasteiger partial charge in [0.25, 0.3) is 5.91 Å². The molecule has 3 rings (SSSR count). The van der Waals surface area contributed by atoms with E-state index in [-0.39, 0.29) is 35.5 Å². The van der Waals surface area contributed by atoms with Crippen LogP contribution in [0.25, 0.3) is 0 Å². The molecule has 1 N–H and O–H groups in total. The molecule has 2 aromatic rings. The van der Waals surface area contributed by atoms with Gasteiger partial charge in [-0.3, -0.25) is 4.79 Å². The number of hydrogen-bond acceptors (Lipinski definition) is 6. The summed E-state index contributed by atoms with van der Waals surface area (Å²) in [7, 11) is -3.09. The molecule has 8 nitrogen and oxygen atoms in total. The monoisotopic (exact) mass is 416 g/mol. The topological polar surface area (TPSA) is 114 Å². The number of nitrogens with zero attached hydrogens (tertiary/aromatic N) is 3. The third kappa shape index (κ3) is 5.15. The Kier molecular flexibility index (Phi) is 5.66. The maximum atomic E-state index is 12.4. The van der Waals surface area contributed by atoms with Gasteiger partial charge in [-0.25, -0.2) is 13.1 Å². The van der Waals surface area contributed by atoms with E-state index in [1.54, 1.807) is 35.0 Å². The van der Waals surface area contributed by atoms with Crippen LogP contribution in [0, 0.1) is 11.3 Å². The number of ether oxygens (including phenoxy) is 1. The van der Waals surface area contributed by atoms with Crippen LogP contribution in [0.1, 0.15) is 44.5 Å². The van der Waals surface area contributed by atoms with Crippen LogP contribution in [0.5, 0.6) is 5.75 Å². The molecule has 1 aromatic heterocycles. The fourth-order valence-electron chi connectivity index (χ4n) is 3.05. The summed E-state index contributed by atoms with van der Waals surface area (Å²) in [4.78, 5) is 12.4. The highest BCUT2D eigenvalue weighted by Crippen LogP contribution is 2.30. The second kappa shape index (κ2) is 7.87. The van der Waals surface area contributed by atoms with Gasteiger partial charge in [-0.05, 0) is 30.7 Å². The van der Waals surface area contributed by atoms with E-state index in [2.05, 4.69) is 10.4 Å². The molecule has 1 aliphatic rings. The Morgan fingerprint density at radius 2 is 2.03 bits per heavy atom. The summed E-state index contributed by atoms with van der Waals surface area (Å²) in [5, 5.41) is 16.2. The van der Waals surface area contributed by atoms with Crippen LogP contribution in [0.2, 0.25) is 0 Å². The van der Waals surface area contributed by atoms with Gasteiger partial charge in [0.1, 0.15) is 11.6 Å². The third-order valence-corrected chi connectivity index (χ3v) is 6.43. The van der Waals surface area contributed by atoms with Gasteiger partial charge in [-0.15, -0.1) is 0 Å². The second-order valence-electron chi connectivity index (χ2n) is 8.14. The zero-order valence-corrected chi connectivity index (χ0v) is 17.5. The Morgan fingerprint density at radius 1 is 1.34 bits per heavy atom.